The third-order valence-corrected chi connectivity index (χ3v) is 12.0. The number of benzene rings is 9. The molecule has 0 saturated heterocycles. The van der Waals surface area contributed by atoms with E-state index in [-0.39, 0.29) is 0 Å². The van der Waals surface area contributed by atoms with Gasteiger partial charge in [0.05, 0.1) is 23.4 Å². The molecule has 1 heterocycles. The molecule has 1 aromatic heterocycles. The standard InChI is InChI=1S/C56H35N3/c1-57-47-31-32-49-51(35-47)56(45-17-4-2-5-18-45,46-19-6-3-7-20-46)50-22-12-21-48(54(49)50)39-25-27-40(28-26-39)52-36-53(43-29-23-37-13-8-10-15-41(37)33-43)59-55(58-52)44-30-24-38-14-9-11-16-42(38)34-44/h2-36H. The molecule has 0 saturated carbocycles. The molecule has 274 valence electrons. The molecular formula is C56H35N3. The number of hydrogen-bond acceptors (Lipinski definition) is 2. The average molecular weight is 750 g/mol. The van der Waals surface area contributed by atoms with Crippen molar-refractivity contribution >= 4 is 27.2 Å². The fraction of sp³-hybridized carbons (Fsp3) is 0.0179. The van der Waals surface area contributed by atoms with Crippen molar-refractivity contribution < 1.29 is 0 Å². The Labute approximate surface area is 343 Å². The lowest BCUT2D eigenvalue weighted by molar-refractivity contribution is 0.769. The molecule has 3 nitrogen and oxygen atoms in total. The molecule has 9 aromatic carbocycles. The predicted molar refractivity (Wildman–Crippen MR) is 242 cm³/mol. The van der Waals surface area contributed by atoms with Gasteiger partial charge in [-0.3, -0.25) is 0 Å². The smallest absolute Gasteiger partial charge is 0.187 e. The van der Waals surface area contributed by atoms with Crippen molar-refractivity contribution in [1.82, 2.24) is 9.97 Å². The zero-order valence-corrected chi connectivity index (χ0v) is 32.0. The molecule has 0 atom stereocenters. The molecule has 0 spiro atoms. The quantitative estimate of drug-likeness (QED) is 0.158. The normalized spacial score (nSPS) is 12.5. The minimum atomic E-state index is -0.594. The number of aromatic nitrogens is 2. The van der Waals surface area contributed by atoms with Crippen molar-refractivity contribution in [1.29, 1.82) is 0 Å². The van der Waals surface area contributed by atoms with Gasteiger partial charge in [-0.25, -0.2) is 14.8 Å². The number of nitrogens with zero attached hydrogens (tertiary/aromatic N) is 3. The predicted octanol–water partition coefficient (Wildman–Crippen LogP) is 14.4. The Morgan fingerprint density at radius 2 is 0.915 bits per heavy atom. The minimum absolute atomic E-state index is 0.594. The van der Waals surface area contributed by atoms with Crippen molar-refractivity contribution in [3.05, 3.63) is 246 Å². The van der Waals surface area contributed by atoms with Gasteiger partial charge < -0.3 is 0 Å². The van der Waals surface area contributed by atoms with E-state index in [1.54, 1.807) is 0 Å². The van der Waals surface area contributed by atoms with Crippen molar-refractivity contribution in [3.63, 3.8) is 0 Å². The molecule has 1 aliphatic rings. The highest BCUT2D eigenvalue weighted by Gasteiger charge is 2.46. The molecule has 10 aromatic rings. The molecular weight excluding hydrogens is 715 g/mol. The van der Waals surface area contributed by atoms with Gasteiger partial charge in [-0.1, -0.05) is 194 Å². The molecule has 0 bridgehead atoms. The highest BCUT2D eigenvalue weighted by molar-refractivity contribution is 5.97. The van der Waals surface area contributed by atoms with Gasteiger partial charge in [0, 0.05) is 16.7 Å². The van der Waals surface area contributed by atoms with Gasteiger partial charge in [-0.15, -0.1) is 0 Å². The van der Waals surface area contributed by atoms with Gasteiger partial charge in [0.25, 0.3) is 0 Å². The first-order valence-corrected chi connectivity index (χ1v) is 19.9. The number of fused-ring (bicyclic) bond motifs is 5. The first-order valence-electron chi connectivity index (χ1n) is 19.9. The molecule has 0 unspecified atom stereocenters. The molecule has 1 aliphatic carbocycles. The van der Waals surface area contributed by atoms with Crippen LogP contribution in [0.5, 0.6) is 0 Å². The first kappa shape index (κ1) is 34.3. The molecule has 0 fully saturated rings. The Morgan fingerprint density at radius 1 is 0.373 bits per heavy atom. The Kier molecular flexibility index (Phi) is 8.10. The fourth-order valence-electron chi connectivity index (χ4n) is 9.21. The Hall–Kier alpha value is -7.93. The van der Waals surface area contributed by atoms with Crippen LogP contribution >= 0.6 is 0 Å². The van der Waals surface area contributed by atoms with E-state index in [4.69, 9.17) is 16.5 Å². The maximum absolute atomic E-state index is 7.98. The molecule has 0 amide bonds. The van der Waals surface area contributed by atoms with Crippen molar-refractivity contribution in [2.75, 3.05) is 0 Å². The van der Waals surface area contributed by atoms with Crippen molar-refractivity contribution in [3.8, 4) is 56.2 Å². The van der Waals surface area contributed by atoms with E-state index in [2.05, 4.69) is 211 Å². The lowest BCUT2D eigenvalue weighted by atomic mass is 9.67. The number of hydrogen-bond donors (Lipinski definition) is 0. The van der Waals surface area contributed by atoms with Gasteiger partial charge in [-0.05, 0) is 84.3 Å². The van der Waals surface area contributed by atoms with E-state index in [1.807, 2.05) is 6.07 Å². The van der Waals surface area contributed by atoms with Crippen LogP contribution in [-0.4, -0.2) is 9.97 Å². The van der Waals surface area contributed by atoms with Crippen LogP contribution in [0.2, 0.25) is 0 Å². The van der Waals surface area contributed by atoms with Gasteiger partial charge in [0.2, 0.25) is 0 Å². The SMILES string of the molecule is [C-]#[N+]c1ccc2c(c1)C(c1ccccc1)(c1ccccc1)c1cccc(-c3ccc(-c4cc(-c5ccc6ccccc6c5)nc(-c5ccc6ccccc6c5)n4)cc3)c1-2. The third kappa shape index (κ3) is 5.65. The van der Waals surface area contributed by atoms with Crippen LogP contribution < -0.4 is 0 Å². The highest BCUT2D eigenvalue weighted by atomic mass is 14.9. The molecule has 0 aliphatic heterocycles. The summed E-state index contributed by atoms with van der Waals surface area (Å²) < 4.78 is 0. The minimum Gasteiger partial charge on any atom is -0.238 e. The highest BCUT2D eigenvalue weighted by Crippen LogP contribution is 2.59. The van der Waals surface area contributed by atoms with Crippen LogP contribution in [0, 0.1) is 6.57 Å². The lowest BCUT2D eigenvalue weighted by Crippen LogP contribution is -2.28. The second-order valence-corrected chi connectivity index (χ2v) is 15.2. The summed E-state index contributed by atoms with van der Waals surface area (Å²) in [6.45, 7) is 7.98. The van der Waals surface area contributed by atoms with E-state index in [0.29, 0.717) is 11.5 Å². The summed E-state index contributed by atoms with van der Waals surface area (Å²) in [4.78, 5) is 14.3. The van der Waals surface area contributed by atoms with Crippen LogP contribution in [0.4, 0.5) is 5.69 Å². The maximum atomic E-state index is 7.98. The maximum Gasteiger partial charge on any atom is 0.187 e. The molecule has 11 rings (SSSR count). The zero-order valence-electron chi connectivity index (χ0n) is 32.0. The Balaban J connectivity index is 1.07. The van der Waals surface area contributed by atoms with Crippen LogP contribution in [0.1, 0.15) is 22.3 Å². The Bertz CT molecular complexity index is 3130. The second-order valence-electron chi connectivity index (χ2n) is 15.2. The van der Waals surface area contributed by atoms with E-state index in [1.165, 1.54) is 38.4 Å². The number of rotatable bonds is 6. The summed E-state index contributed by atoms with van der Waals surface area (Å²) in [6.07, 6.45) is 0. The molecule has 59 heavy (non-hydrogen) atoms. The van der Waals surface area contributed by atoms with Gasteiger partial charge in [0.1, 0.15) is 0 Å². The average Bonchev–Trinajstić information content (AvgIpc) is 3.62. The summed E-state index contributed by atoms with van der Waals surface area (Å²) in [5.74, 6) is 0.690. The van der Waals surface area contributed by atoms with E-state index >= 15 is 0 Å². The topological polar surface area (TPSA) is 30.1 Å². The third-order valence-electron chi connectivity index (χ3n) is 12.0. The van der Waals surface area contributed by atoms with Crippen LogP contribution in [0.3, 0.4) is 0 Å². The first-order chi connectivity index (χ1) is 29.2. The summed E-state index contributed by atoms with van der Waals surface area (Å²) >= 11 is 0. The van der Waals surface area contributed by atoms with Gasteiger partial charge >= 0.3 is 0 Å². The molecule has 0 radical (unpaired) electrons. The van der Waals surface area contributed by atoms with Crippen molar-refractivity contribution in [2.24, 2.45) is 0 Å². The lowest BCUT2D eigenvalue weighted by Gasteiger charge is -2.34. The van der Waals surface area contributed by atoms with Gasteiger partial charge in [0.15, 0.2) is 11.5 Å². The van der Waals surface area contributed by atoms with Gasteiger partial charge in [-0.2, -0.15) is 0 Å². The second kappa shape index (κ2) is 13.9. The molecule has 3 heteroatoms. The van der Waals surface area contributed by atoms with E-state index in [0.717, 1.165) is 55.7 Å². The van der Waals surface area contributed by atoms with Crippen LogP contribution in [0.15, 0.2) is 212 Å². The van der Waals surface area contributed by atoms with Crippen LogP contribution in [0.25, 0.3) is 82.5 Å². The summed E-state index contributed by atoms with van der Waals surface area (Å²) in [5, 5.41) is 4.71. The summed E-state index contributed by atoms with van der Waals surface area (Å²) in [5.41, 5.74) is 14.1. The molecule has 0 N–H and O–H groups in total. The van der Waals surface area contributed by atoms with Crippen LogP contribution in [-0.2, 0) is 5.41 Å². The summed E-state index contributed by atoms with van der Waals surface area (Å²) in [7, 11) is 0. The fourth-order valence-corrected chi connectivity index (χ4v) is 9.21. The monoisotopic (exact) mass is 749 g/mol. The Morgan fingerprint density at radius 3 is 1.56 bits per heavy atom. The zero-order chi connectivity index (χ0) is 39.3. The summed E-state index contributed by atoms with van der Waals surface area (Å²) in [6, 6.07) is 75.1. The largest absolute Gasteiger partial charge is 0.238 e. The van der Waals surface area contributed by atoms with Crippen molar-refractivity contribution in [2.45, 2.75) is 5.41 Å². The van der Waals surface area contributed by atoms with E-state index in [9.17, 15) is 0 Å². The van der Waals surface area contributed by atoms with E-state index < -0.39 is 5.41 Å².